The highest BCUT2D eigenvalue weighted by Crippen LogP contribution is 2.40. The van der Waals surface area contributed by atoms with Crippen molar-refractivity contribution in [3.8, 4) is 10.6 Å². The maximum atomic E-state index is 12.5. The molecular formula is C21H23N3O3S2. The molecule has 1 fully saturated rings. The predicted molar refractivity (Wildman–Crippen MR) is 120 cm³/mol. The van der Waals surface area contributed by atoms with Crippen LogP contribution in [-0.4, -0.2) is 29.2 Å². The number of fused-ring (bicyclic) bond motifs is 1. The van der Waals surface area contributed by atoms with Gasteiger partial charge in [0.05, 0.1) is 22.9 Å². The predicted octanol–water partition coefficient (Wildman–Crippen LogP) is 5.27. The highest BCUT2D eigenvalue weighted by Gasteiger charge is 2.28. The lowest BCUT2D eigenvalue weighted by Gasteiger charge is -2.24. The van der Waals surface area contributed by atoms with E-state index in [1.165, 1.54) is 37.7 Å². The summed E-state index contributed by atoms with van der Waals surface area (Å²) in [5.74, 6) is 0.420. The molecule has 3 aromatic rings. The summed E-state index contributed by atoms with van der Waals surface area (Å²) in [4.78, 5) is 17.2. The number of benzene rings is 1. The number of thiocarbonyl (C=S) groups is 1. The molecule has 0 saturated heterocycles. The number of aromatic nitrogens is 1. The topological polar surface area (TPSA) is 76.4 Å². The highest BCUT2D eigenvalue weighted by atomic mass is 32.1. The molecule has 1 aromatic carbocycles. The largest absolute Gasteiger partial charge is 0.465 e. The van der Waals surface area contributed by atoms with E-state index in [0.29, 0.717) is 38.9 Å². The van der Waals surface area contributed by atoms with Gasteiger partial charge >= 0.3 is 5.97 Å². The second kappa shape index (κ2) is 8.51. The number of hydrogen-bond acceptors (Lipinski definition) is 6. The average molecular weight is 430 g/mol. The molecule has 6 nitrogen and oxygen atoms in total. The summed E-state index contributed by atoms with van der Waals surface area (Å²) >= 11 is 7.02. The van der Waals surface area contributed by atoms with Crippen molar-refractivity contribution in [2.75, 3.05) is 12.4 Å². The van der Waals surface area contributed by atoms with Crippen LogP contribution in [0.3, 0.4) is 0 Å². The van der Waals surface area contributed by atoms with Crippen molar-refractivity contribution >= 4 is 50.7 Å². The Kier molecular flexibility index (Phi) is 5.82. The fraction of sp³-hybridized carbons (Fsp3) is 0.381. The minimum absolute atomic E-state index is 0.366. The van der Waals surface area contributed by atoms with Crippen LogP contribution in [0.15, 0.2) is 28.7 Å². The highest BCUT2D eigenvalue weighted by molar-refractivity contribution is 7.80. The molecule has 0 unspecified atom stereocenters. The number of ether oxygens (including phenoxy) is 1. The lowest BCUT2D eigenvalue weighted by Crippen LogP contribution is -2.38. The average Bonchev–Trinajstić information content (AvgIpc) is 3.28. The molecule has 8 heteroatoms. The molecule has 0 amide bonds. The Morgan fingerprint density at radius 3 is 2.76 bits per heavy atom. The van der Waals surface area contributed by atoms with E-state index in [-0.39, 0.29) is 0 Å². The van der Waals surface area contributed by atoms with Crippen LogP contribution in [0.4, 0.5) is 5.88 Å². The summed E-state index contributed by atoms with van der Waals surface area (Å²) in [6, 6.07) is 8.22. The Balaban J connectivity index is 1.69. The lowest BCUT2D eigenvalue weighted by molar-refractivity contribution is 0.0599. The zero-order valence-electron chi connectivity index (χ0n) is 16.4. The van der Waals surface area contributed by atoms with Gasteiger partial charge in [-0.15, -0.1) is 11.3 Å². The minimum atomic E-state index is -0.459. The van der Waals surface area contributed by atoms with Crippen molar-refractivity contribution < 1.29 is 13.9 Å². The monoisotopic (exact) mass is 429 g/mol. The number of methoxy groups -OCH3 is 1. The van der Waals surface area contributed by atoms with E-state index in [1.54, 1.807) is 6.92 Å². The van der Waals surface area contributed by atoms with Gasteiger partial charge in [-0.05, 0) is 44.1 Å². The molecule has 0 aliphatic heterocycles. The molecule has 1 aliphatic rings. The third-order valence-electron chi connectivity index (χ3n) is 5.15. The van der Waals surface area contributed by atoms with E-state index in [9.17, 15) is 4.79 Å². The first kappa shape index (κ1) is 19.8. The SMILES string of the molecule is COC(=O)c1c(C)oc(NC(=S)NC2CCCCC2)c1-c1nc2ccccc2s1. The maximum Gasteiger partial charge on any atom is 0.342 e. The zero-order chi connectivity index (χ0) is 20.4. The first-order valence-corrected chi connectivity index (χ1v) is 10.9. The smallest absolute Gasteiger partial charge is 0.342 e. The fourth-order valence-electron chi connectivity index (χ4n) is 3.74. The standard InChI is InChI=1S/C21H23N3O3S2/c1-12-16(20(25)26-2)17(19-23-14-10-6-7-11-15(14)29-19)18(27-12)24-21(28)22-13-8-4-3-5-9-13/h6-7,10-11,13H,3-5,8-9H2,1-2H3,(H2,22,24,28). The van der Waals surface area contributed by atoms with E-state index in [2.05, 4.69) is 10.6 Å². The normalized spacial score (nSPS) is 14.7. The van der Waals surface area contributed by atoms with E-state index in [0.717, 1.165) is 23.1 Å². The summed E-state index contributed by atoms with van der Waals surface area (Å²) < 4.78 is 11.9. The van der Waals surface area contributed by atoms with Gasteiger partial charge in [0.15, 0.2) is 5.11 Å². The number of thiazole rings is 1. The van der Waals surface area contributed by atoms with Gasteiger partial charge in [-0.25, -0.2) is 9.78 Å². The first-order chi connectivity index (χ1) is 14.1. The molecule has 0 spiro atoms. The van der Waals surface area contributed by atoms with Gasteiger partial charge in [0.25, 0.3) is 0 Å². The van der Waals surface area contributed by atoms with Crippen molar-refractivity contribution in [3.05, 3.63) is 35.6 Å². The molecule has 0 radical (unpaired) electrons. The molecule has 152 valence electrons. The fourth-order valence-corrected chi connectivity index (χ4v) is 5.01. The van der Waals surface area contributed by atoms with Crippen LogP contribution in [0.1, 0.15) is 48.2 Å². The Labute approximate surface area is 178 Å². The first-order valence-electron chi connectivity index (χ1n) is 9.72. The van der Waals surface area contributed by atoms with Gasteiger partial charge in [0, 0.05) is 6.04 Å². The molecular weight excluding hydrogens is 406 g/mol. The number of carbonyl (C=O) groups excluding carboxylic acids is 1. The maximum absolute atomic E-state index is 12.5. The number of nitrogens with one attached hydrogen (secondary N) is 2. The van der Waals surface area contributed by atoms with Gasteiger partial charge < -0.3 is 19.8 Å². The van der Waals surface area contributed by atoms with E-state index >= 15 is 0 Å². The molecule has 2 N–H and O–H groups in total. The molecule has 4 rings (SSSR count). The van der Waals surface area contributed by atoms with Crippen LogP contribution < -0.4 is 10.6 Å². The number of aryl methyl sites for hydroxylation is 1. The van der Waals surface area contributed by atoms with Crippen molar-refractivity contribution in [2.45, 2.75) is 45.1 Å². The van der Waals surface area contributed by atoms with Gasteiger partial charge in [0.2, 0.25) is 5.88 Å². The number of rotatable bonds is 4. The van der Waals surface area contributed by atoms with E-state index in [1.807, 2.05) is 24.3 Å². The second-order valence-corrected chi connectivity index (χ2v) is 8.59. The Morgan fingerprint density at radius 2 is 2.03 bits per heavy atom. The van der Waals surface area contributed by atoms with Crippen molar-refractivity contribution in [1.82, 2.24) is 10.3 Å². The lowest BCUT2D eigenvalue weighted by atomic mass is 9.96. The quantitative estimate of drug-likeness (QED) is 0.432. The molecule has 0 atom stereocenters. The van der Waals surface area contributed by atoms with Crippen LogP contribution in [0.25, 0.3) is 20.8 Å². The third-order valence-corrected chi connectivity index (χ3v) is 6.42. The van der Waals surface area contributed by atoms with Crippen LogP contribution in [0.5, 0.6) is 0 Å². The second-order valence-electron chi connectivity index (χ2n) is 7.15. The summed E-state index contributed by atoms with van der Waals surface area (Å²) in [5.41, 5.74) is 1.83. The third kappa shape index (κ3) is 4.13. The number of para-hydroxylation sites is 1. The van der Waals surface area contributed by atoms with Crippen molar-refractivity contribution in [1.29, 1.82) is 0 Å². The minimum Gasteiger partial charge on any atom is -0.465 e. The van der Waals surface area contributed by atoms with Crippen LogP contribution >= 0.6 is 23.6 Å². The van der Waals surface area contributed by atoms with Gasteiger partial charge in [-0.2, -0.15) is 0 Å². The molecule has 2 aromatic heterocycles. The number of esters is 1. The van der Waals surface area contributed by atoms with Gasteiger partial charge in [0.1, 0.15) is 16.3 Å². The van der Waals surface area contributed by atoms with Crippen LogP contribution in [0, 0.1) is 6.92 Å². The molecule has 0 bridgehead atoms. The van der Waals surface area contributed by atoms with E-state index in [4.69, 9.17) is 26.4 Å². The van der Waals surface area contributed by atoms with E-state index < -0.39 is 5.97 Å². The molecule has 1 saturated carbocycles. The number of nitrogens with zero attached hydrogens (tertiary/aromatic N) is 1. The van der Waals surface area contributed by atoms with Crippen molar-refractivity contribution in [2.24, 2.45) is 0 Å². The summed E-state index contributed by atoms with van der Waals surface area (Å²) in [7, 11) is 1.36. The Hall–Kier alpha value is -2.45. The molecule has 2 heterocycles. The van der Waals surface area contributed by atoms with Crippen LogP contribution in [0.2, 0.25) is 0 Å². The number of hydrogen-bond donors (Lipinski definition) is 2. The molecule has 29 heavy (non-hydrogen) atoms. The number of furan rings is 1. The van der Waals surface area contributed by atoms with Crippen molar-refractivity contribution in [3.63, 3.8) is 0 Å². The Bertz CT molecular complexity index is 1020. The van der Waals surface area contributed by atoms with Crippen LogP contribution in [-0.2, 0) is 4.74 Å². The summed E-state index contributed by atoms with van der Waals surface area (Å²) in [6.07, 6.45) is 5.92. The number of anilines is 1. The zero-order valence-corrected chi connectivity index (χ0v) is 18.0. The summed E-state index contributed by atoms with van der Waals surface area (Å²) in [5, 5.41) is 7.70. The molecule has 1 aliphatic carbocycles. The van der Waals surface area contributed by atoms with Gasteiger partial charge in [-0.1, -0.05) is 31.4 Å². The Morgan fingerprint density at radius 1 is 1.28 bits per heavy atom. The number of carbonyl (C=O) groups is 1. The summed E-state index contributed by atoms with van der Waals surface area (Å²) in [6.45, 7) is 1.74. The van der Waals surface area contributed by atoms with Gasteiger partial charge in [-0.3, -0.25) is 0 Å².